The Labute approximate surface area is 170 Å². The fraction of sp³-hybridized carbons (Fsp3) is 0.667. The lowest BCUT2D eigenvalue weighted by Gasteiger charge is -2.42. The van der Waals surface area contributed by atoms with E-state index in [9.17, 15) is 17.6 Å². The smallest absolute Gasteiger partial charge is 0.338 e. The molecule has 0 heterocycles. The summed E-state index contributed by atoms with van der Waals surface area (Å²) in [5.74, 6) is 0.555. The van der Waals surface area contributed by atoms with E-state index in [1.54, 1.807) is 0 Å². The second-order valence-corrected chi connectivity index (χ2v) is 10.2. The van der Waals surface area contributed by atoms with Gasteiger partial charge in [0.25, 0.3) is 10.1 Å². The van der Waals surface area contributed by atoms with Crippen LogP contribution in [0.1, 0.15) is 55.8 Å². The molecule has 2 bridgehead atoms. The number of rotatable bonds is 7. The van der Waals surface area contributed by atoms with Crippen molar-refractivity contribution in [3.05, 3.63) is 29.6 Å². The molecular weight excluding hydrogens is 399 g/mol. The molecular formula is C21H27FO6S. The minimum absolute atomic E-state index is 0.0400. The molecule has 0 radical (unpaired) electrons. The summed E-state index contributed by atoms with van der Waals surface area (Å²) < 4.78 is 55.9. The van der Waals surface area contributed by atoms with E-state index in [2.05, 4.69) is 6.92 Å². The number of carbonyl (C=O) groups is 1. The summed E-state index contributed by atoms with van der Waals surface area (Å²) in [6.45, 7) is 1.60. The maximum absolute atomic E-state index is 14.5. The zero-order valence-electron chi connectivity index (χ0n) is 16.5. The Hall–Kier alpha value is -1.67. The van der Waals surface area contributed by atoms with E-state index in [1.807, 2.05) is 0 Å². The third-order valence-corrected chi connectivity index (χ3v) is 7.92. The van der Waals surface area contributed by atoms with Crippen LogP contribution in [0.5, 0.6) is 5.75 Å². The summed E-state index contributed by atoms with van der Waals surface area (Å²) >= 11 is 0. The fourth-order valence-electron chi connectivity index (χ4n) is 6.06. The Bertz CT molecular complexity index is 900. The van der Waals surface area contributed by atoms with Gasteiger partial charge in [0, 0.05) is 5.92 Å². The number of hydrogen-bond acceptors (Lipinski definition) is 5. The predicted molar refractivity (Wildman–Crippen MR) is 104 cm³/mol. The third-order valence-electron chi connectivity index (χ3n) is 7.24. The maximum atomic E-state index is 14.5. The van der Waals surface area contributed by atoms with Crippen molar-refractivity contribution in [3.8, 4) is 5.75 Å². The summed E-state index contributed by atoms with van der Waals surface area (Å²) in [7, 11) is -4.22. The molecule has 1 aromatic carbocycles. The number of carbonyl (C=O) groups excluding carboxylic acids is 1. The summed E-state index contributed by atoms with van der Waals surface area (Å²) in [4.78, 5) is 12.2. The first-order valence-electron chi connectivity index (χ1n) is 10.3. The van der Waals surface area contributed by atoms with E-state index in [4.69, 9.17) is 14.0 Å². The molecule has 3 aliphatic rings. The summed E-state index contributed by atoms with van der Waals surface area (Å²) in [5.41, 5.74) is -0.310. The molecule has 3 aliphatic carbocycles. The lowest BCUT2D eigenvalue weighted by atomic mass is 9.71. The van der Waals surface area contributed by atoms with Crippen LogP contribution in [0, 0.1) is 29.5 Å². The summed E-state index contributed by atoms with van der Waals surface area (Å²) in [6, 6.07) is 3.79. The van der Waals surface area contributed by atoms with Gasteiger partial charge in [0.05, 0.1) is 5.56 Å². The topological polar surface area (TPSA) is 89.9 Å². The predicted octanol–water partition coefficient (Wildman–Crippen LogP) is 3.85. The van der Waals surface area contributed by atoms with Gasteiger partial charge in [-0.2, -0.15) is 8.42 Å². The van der Waals surface area contributed by atoms with E-state index < -0.39 is 39.9 Å². The van der Waals surface area contributed by atoms with Crippen molar-refractivity contribution in [2.24, 2.45) is 23.7 Å². The minimum Gasteiger partial charge on any atom is -0.484 e. The maximum Gasteiger partial charge on any atom is 0.338 e. The highest BCUT2D eigenvalue weighted by atomic mass is 32.2. The number of esters is 1. The lowest BCUT2D eigenvalue weighted by molar-refractivity contribution is -0.0282. The van der Waals surface area contributed by atoms with Crippen molar-refractivity contribution in [1.82, 2.24) is 0 Å². The van der Waals surface area contributed by atoms with Crippen LogP contribution in [-0.4, -0.2) is 36.9 Å². The first-order chi connectivity index (χ1) is 13.7. The van der Waals surface area contributed by atoms with E-state index in [0.717, 1.165) is 25.2 Å². The Morgan fingerprint density at radius 1 is 1.31 bits per heavy atom. The molecule has 5 unspecified atom stereocenters. The van der Waals surface area contributed by atoms with Crippen LogP contribution in [0.25, 0.3) is 0 Å². The standard InChI is InChI=1S/C21H27FO6S/c1-2-21(12-14-10-17(21)16-5-3-4-15(14)16)28-19-11-13(6-7-18(19)22)20(23)27-8-9-29(24,25)26/h6-7,11,14-17H,2-5,8-10,12H2,1H3,(H,24,25,26). The third kappa shape index (κ3) is 3.89. The minimum atomic E-state index is -4.22. The van der Waals surface area contributed by atoms with Gasteiger partial charge in [0.2, 0.25) is 0 Å². The Morgan fingerprint density at radius 2 is 2.07 bits per heavy atom. The van der Waals surface area contributed by atoms with Gasteiger partial charge in [-0.25, -0.2) is 9.18 Å². The SMILES string of the molecule is CCC1(Oc2cc(C(=O)OCCS(=O)(=O)O)ccc2F)CC2CC1C1CCCC21. The number of hydrogen-bond donors (Lipinski definition) is 1. The molecule has 4 rings (SSSR count). The molecule has 0 aromatic heterocycles. The molecule has 6 nitrogen and oxygen atoms in total. The van der Waals surface area contributed by atoms with Crippen molar-refractivity contribution < 1.29 is 31.6 Å². The Kier molecular flexibility index (Phi) is 5.36. The van der Waals surface area contributed by atoms with Crippen molar-refractivity contribution in [1.29, 1.82) is 0 Å². The molecule has 3 saturated carbocycles. The van der Waals surface area contributed by atoms with E-state index in [0.29, 0.717) is 17.8 Å². The number of benzene rings is 1. The Morgan fingerprint density at radius 3 is 2.79 bits per heavy atom. The number of ether oxygens (including phenoxy) is 2. The fourth-order valence-corrected chi connectivity index (χ4v) is 6.35. The monoisotopic (exact) mass is 426 g/mol. The molecule has 1 N–H and O–H groups in total. The van der Waals surface area contributed by atoms with Gasteiger partial charge >= 0.3 is 5.97 Å². The highest BCUT2D eigenvalue weighted by Crippen LogP contribution is 2.64. The van der Waals surface area contributed by atoms with Crippen molar-refractivity contribution in [3.63, 3.8) is 0 Å². The van der Waals surface area contributed by atoms with Crippen LogP contribution in [0.3, 0.4) is 0 Å². The van der Waals surface area contributed by atoms with E-state index in [-0.39, 0.29) is 11.3 Å². The second kappa shape index (κ2) is 7.54. The highest BCUT2D eigenvalue weighted by Gasteiger charge is 2.61. The van der Waals surface area contributed by atoms with Crippen LogP contribution in [-0.2, 0) is 14.9 Å². The van der Waals surface area contributed by atoms with Crippen LogP contribution < -0.4 is 4.74 Å². The zero-order chi connectivity index (χ0) is 20.8. The van der Waals surface area contributed by atoms with Crippen LogP contribution in [0.4, 0.5) is 4.39 Å². The van der Waals surface area contributed by atoms with Crippen molar-refractivity contribution >= 4 is 16.1 Å². The molecule has 8 heteroatoms. The normalized spacial score (nSPS) is 32.9. The van der Waals surface area contributed by atoms with E-state index in [1.165, 1.54) is 37.5 Å². The van der Waals surface area contributed by atoms with Gasteiger partial charge in [0.15, 0.2) is 11.6 Å². The van der Waals surface area contributed by atoms with Gasteiger partial charge in [-0.1, -0.05) is 13.3 Å². The first kappa shape index (κ1) is 20.6. The number of halogens is 1. The zero-order valence-corrected chi connectivity index (χ0v) is 17.3. The van der Waals surface area contributed by atoms with Crippen LogP contribution in [0.15, 0.2) is 18.2 Å². The lowest BCUT2D eigenvalue weighted by Crippen LogP contribution is -2.46. The number of fused-ring (bicyclic) bond motifs is 5. The largest absolute Gasteiger partial charge is 0.484 e. The van der Waals surface area contributed by atoms with Crippen LogP contribution in [0.2, 0.25) is 0 Å². The second-order valence-electron chi connectivity index (χ2n) is 8.65. The molecule has 5 atom stereocenters. The molecule has 160 valence electrons. The average molecular weight is 427 g/mol. The van der Waals surface area contributed by atoms with Gasteiger partial charge < -0.3 is 9.47 Å². The molecule has 0 spiro atoms. The van der Waals surface area contributed by atoms with Gasteiger partial charge in [0.1, 0.15) is 18.0 Å². The quantitative estimate of drug-likeness (QED) is 0.526. The molecule has 0 amide bonds. The molecule has 29 heavy (non-hydrogen) atoms. The summed E-state index contributed by atoms with van der Waals surface area (Å²) in [5, 5.41) is 0. The molecule has 3 fully saturated rings. The van der Waals surface area contributed by atoms with Crippen molar-refractivity contribution in [2.45, 2.75) is 51.0 Å². The van der Waals surface area contributed by atoms with Crippen molar-refractivity contribution in [2.75, 3.05) is 12.4 Å². The van der Waals surface area contributed by atoms with E-state index >= 15 is 0 Å². The molecule has 1 aromatic rings. The average Bonchev–Trinajstić information content (AvgIpc) is 3.34. The molecule has 0 saturated heterocycles. The van der Waals surface area contributed by atoms with Gasteiger partial charge in [-0.3, -0.25) is 4.55 Å². The molecule has 0 aliphatic heterocycles. The Balaban J connectivity index is 1.50. The highest BCUT2D eigenvalue weighted by molar-refractivity contribution is 7.85. The first-order valence-corrected chi connectivity index (χ1v) is 11.9. The summed E-state index contributed by atoms with van der Waals surface area (Å²) in [6.07, 6.45) is 6.64. The van der Waals surface area contributed by atoms with Gasteiger partial charge in [-0.15, -0.1) is 0 Å². The van der Waals surface area contributed by atoms with Gasteiger partial charge in [-0.05, 0) is 68.1 Å². The van der Waals surface area contributed by atoms with Crippen LogP contribution >= 0.6 is 0 Å².